The molecule has 0 aromatic rings. The van der Waals surface area contributed by atoms with E-state index in [1.807, 2.05) is 0 Å². The van der Waals surface area contributed by atoms with Crippen molar-refractivity contribution >= 4 is 0 Å². The molecule has 6 heavy (non-hydrogen) atoms. The Balaban J connectivity index is -0.0000000800. The Morgan fingerprint density at radius 2 is 1.83 bits per heavy atom. The van der Waals surface area contributed by atoms with Gasteiger partial charge in [-0.2, -0.15) is 0 Å². The number of hydrogen-bond donors (Lipinski definition) is 2. The van der Waals surface area contributed by atoms with Crippen LogP contribution in [0, 0.1) is 0 Å². The van der Waals surface area contributed by atoms with Gasteiger partial charge in [-0.25, -0.2) is 0 Å². The molecule has 0 amide bonds. The van der Waals surface area contributed by atoms with Gasteiger partial charge >= 0.3 is 18.9 Å². The molecule has 0 heterocycles. The molecular formula is C3H7LiO2. The molecule has 0 rings (SSSR count). The predicted molar refractivity (Wildman–Crippen MR) is 20.1 cm³/mol. The van der Waals surface area contributed by atoms with Gasteiger partial charge in [-0.05, 0) is 13.0 Å². The fraction of sp³-hybridized carbons (Fsp3) is 0.333. The second-order valence-corrected chi connectivity index (χ2v) is 0.647. The average molecular weight is 82.0 g/mol. The normalized spacial score (nSPS) is 5.50. The summed E-state index contributed by atoms with van der Waals surface area (Å²) in [7, 11) is 0. The summed E-state index contributed by atoms with van der Waals surface area (Å²) in [6, 6.07) is 0. The molecule has 2 N–H and O–H groups in total. The van der Waals surface area contributed by atoms with Crippen LogP contribution in [0.2, 0.25) is 0 Å². The maximum Gasteiger partial charge on any atom is 1.00 e. The number of allylic oxidation sites excluding steroid dienone is 1. The van der Waals surface area contributed by atoms with Crippen LogP contribution in [-0.2, 0) is 0 Å². The third-order valence-corrected chi connectivity index (χ3v) is 0.258. The average Bonchev–Trinajstić information content (AvgIpc) is 1.38. The summed E-state index contributed by atoms with van der Waals surface area (Å²) in [6.07, 6.45) is 1.19. The van der Waals surface area contributed by atoms with Gasteiger partial charge in [0.25, 0.3) is 5.95 Å². The number of rotatable bonds is 0. The van der Waals surface area contributed by atoms with Crippen LogP contribution in [0.1, 0.15) is 8.35 Å². The van der Waals surface area contributed by atoms with Crippen LogP contribution in [0.3, 0.4) is 0 Å². The van der Waals surface area contributed by atoms with Crippen LogP contribution in [0.5, 0.6) is 0 Å². The van der Waals surface area contributed by atoms with Crippen molar-refractivity contribution in [2.45, 2.75) is 6.92 Å². The minimum absolute atomic E-state index is 0. The molecule has 3 heteroatoms. The van der Waals surface area contributed by atoms with Gasteiger partial charge in [-0.3, -0.25) is 0 Å². The quantitative estimate of drug-likeness (QED) is 0.264. The molecular weight excluding hydrogens is 75.0 g/mol. The molecule has 0 aromatic carbocycles. The van der Waals surface area contributed by atoms with Gasteiger partial charge in [0.15, 0.2) is 0 Å². The maximum absolute atomic E-state index is 7.78. The minimum atomic E-state index is -0.620. The molecule has 32 valence electrons. The first-order valence-corrected chi connectivity index (χ1v) is 1.31. The predicted octanol–water partition coefficient (Wildman–Crippen LogP) is -1.92. The second kappa shape index (κ2) is 4.94. The van der Waals surface area contributed by atoms with Crippen LogP contribution >= 0.6 is 0 Å². The Kier molecular flexibility index (Phi) is 7.68. The van der Waals surface area contributed by atoms with Crippen molar-refractivity contribution < 1.29 is 30.5 Å². The summed E-state index contributed by atoms with van der Waals surface area (Å²) in [6.45, 7) is 1.54. The van der Waals surface area contributed by atoms with Gasteiger partial charge in [-0.1, -0.05) is 0 Å². The maximum atomic E-state index is 7.78. The van der Waals surface area contributed by atoms with Gasteiger partial charge in [-0.15, -0.1) is 0 Å². The first kappa shape index (κ1) is 9.34. The third kappa shape index (κ3) is 9.05. The zero-order chi connectivity index (χ0) is 4.28. The van der Waals surface area contributed by atoms with Crippen molar-refractivity contribution in [2.24, 2.45) is 0 Å². The Hall–Kier alpha value is -0.0626. The molecule has 0 bridgehead atoms. The van der Waals surface area contributed by atoms with E-state index in [4.69, 9.17) is 10.2 Å². The van der Waals surface area contributed by atoms with Crippen molar-refractivity contribution in [1.29, 1.82) is 0 Å². The van der Waals surface area contributed by atoms with Gasteiger partial charge in [0.05, 0.1) is 0 Å². The molecule has 0 saturated carbocycles. The molecule has 0 aliphatic rings. The summed E-state index contributed by atoms with van der Waals surface area (Å²) in [5.41, 5.74) is 0. The Morgan fingerprint density at radius 1 is 1.67 bits per heavy atom. The van der Waals surface area contributed by atoms with Crippen LogP contribution in [-0.4, -0.2) is 10.2 Å². The van der Waals surface area contributed by atoms with E-state index in [0.29, 0.717) is 0 Å². The smallest absolute Gasteiger partial charge is 1.00 e. The van der Waals surface area contributed by atoms with E-state index in [1.54, 1.807) is 0 Å². The first-order chi connectivity index (χ1) is 2.27. The topological polar surface area (TPSA) is 40.5 Å². The van der Waals surface area contributed by atoms with E-state index in [1.165, 1.54) is 13.0 Å². The van der Waals surface area contributed by atoms with E-state index in [-0.39, 0.29) is 20.3 Å². The molecule has 0 aliphatic heterocycles. The van der Waals surface area contributed by atoms with Gasteiger partial charge in [0, 0.05) is 0 Å². The van der Waals surface area contributed by atoms with Crippen LogP contribution in [0.25, 0.3) is 0 Å². The van der Waals surface area contributed by atoms with Crippen molar-refractivity contribution in [2.75, 3.05) is 0 Å². The van der Waals surface area contributed by atoms with Gasteiger partial charge in [0.2, 0.25) is 0 Å². The summed E-state index contributed by atoms with van der Waals surface area (Å²) in [5.74, 6) is -0.620. The van der Waals surface area contributed by atoms with Crippen LogP contribution in [0.4, 0.5) is 0 Å². The number of aliphatic hydroxyl groups excluding tert-OH is 1. The second-order valence-electron chi connectivity index (χ2n) is 0.647. The van der Waals surface area contributed by atoms with Crippen molar-refractivity contribution in [3.8, 4) is 0 Å². The largest absolute Gasteiger partial charge is 1.00 e. The third-order valence-electron chi connectivity index (χ3n) is 0.258. The van der Waals surface area contributed by atoms with E-state index in [9.17, 15) is 0 Å². The zero-order valence-corrected chi connectivity index (χ0v) is 3.97. The Labute approximate surface area is 50.2 Å². The molecule has 2 nitrogen and oxygen atoms in total. The van der Waals surface area contributed by atoms with Crippen molar-refractivity contribution in [3.05, 3.63) is 12.0 Å². The summed E-state index contributed by atoms with van der Waals surface area (Å²) < 4.78 is 0. The molecule has 0 fully saturated rings. The van der Waals surface area contributed by atoms with Crippen LogP contribution < -0.4 is 18.9 Å². The molecule has 0 spiro atoms. The Morgan fingerprint density at radius 3 is 1.83 bits per heavy atom. The summed E-state index contributed by atoms with van der Waals surface area (Å²) in [4.78, 5) is 0. The van der Waals surface area contributed by atoms with E-state index < -0.39 is 5.95 Å². The zero-order valence-electron chi connectivity index (χ0n) is 4.97. The van der Waals surface area contributed by atoms with E-state index in [0.717, 1.165) is 0 Å². The molecule has 0 aliphatic carbocycles. The monoisotopic (exact) mass is 82.1 g/mol. The molecule has 0 saturated heterocycles. The minimum Gasteiger partial charge on any atom is -1.00 e. The van der Waals surface area contributed by atoms with E-state index in [2.05, 4.69) is 0 Å². The summed E-state index contributed by atoms with van der Waals surface area (Å²) >= 11 is 0. The van der Waals surface area contributed by atoms with E-state index >= 15 is 0 Å². The summed E-state index contributed by atoms with van der Waals surface area (Å²) in [5, 5.41) is 15.6. The fourth-order valence-corrected chi connectivity index (χ4v) is 0. The fourth-order valence-electron chi connectivity index (χ4n) is 0. The number of hydrogen-bond acceptors (Lipinski definition) is 2. The molecule has 0 aromatic heterocycles. The molecule has 0 unspecified atom stereocenters. The van der Waals surface area contributed by atoms with Crippen molar-refractivity contribution in [1.82, 2.24) is 0 Å². The number of aliphatic hydroxyl groups is 2. The van der Waals surface area contributed by atoms with Crippen LogP contribution in [0.15, 0.2) is 12.0 Å². The van der Waals surface area contributed by atoms with Gasteiger partial charge in [0.1, 0.15) is 0 Å². The molecule has 0 radical (unpaired) electrons. The standard InChI is InChI=1S/C3H6O2.Li.H/c1-2-3(4)5;;/h2,4-5H,1H3;;/q;+1;-1. The van der Waals surface area contributed by atoms with Gasteiger partial charge < -0.3 is 11.6 Å². The first-order valence-electron chi connectivity index (χ1n) is 1.31. The molecule has 0 atom stereocenters. The Bertz CT molecular complexity index is 50.9. The SMILES string of the molecule is CC=C(O)O.[H-].[Li+]. The van der Waals surface area contributed by atoms with Crippen molar-refractivity contribution in [3.63, 3.8) is 0 Å².